The Morgan fingerprint density at radius 3 is 2.24 bits per heavy atom. The summed E-state index contributed by atoms with van der Waals surface area (Å²) >= 11 is 13.3. The molecule has 0 spiro atoms. The predicted octanol–water partition coefficient (Wildman–Crippen LogP) is 4.38. The zero-order valence-corrected chi connectivity index (χ0v) is 11.5. The molecule has 0 bridgehead atoms. The first kappa shape index (κ1) is 12.7. The van der Waals surface area contributed by atoms with Crippen molar-refractivity contribution in [1.29, 1.82) is 0 Å². The highest BCUT2D eigenvalue weighted by Crippen LogP contribution is 2.23. The molecule has 1 aromatic carbocycles. The van der Waals surface area contributed by atoms with Gasteiger partial charge in [0.05, 0.1) is 5.75 Å². The summed E-state index contributed by atoms with van der Waals surface area (Å²) in [7, 11) is 0. The number of nitrogens with zero attached hydrogens (tertiary/aromatic N) is 2. The average Bonchev–Trinajstić information content (AvgIpc) is 2.27. The van der Waals surface area contributed by atoms with Gasteiger partial charge in [-0.05, 0) is 19.1 Å². The van der Waals surface area contributed by atoms with Crippen molar-refractivity contribution < 1.29 is 0 Å². The van der Waals surface area contributed by atoms with Crippen LogP contribution in [0.5, 0.6) is 0 Å². The molecular formula is C12H10Cl2N2S. The third kappa shape index (κ3) is 3.87. The molecule has 0 fully saturated rings. The summed E-state index contributed by atoms with van der Waals surface area (Å²) in [5.41, 5.74) is 1.25. The normalized spacial score (nSPS) is 10.5. The maximum absolute atomic E-state index is 5.81. The fourth-order valence-corrected chi connectivity index (χ4v) is 2.49. The lowest BCUT2D eigenvalue weighted by molar-refractivity contribution is 1.03. The molecule has 0 radical (unpaired) electrons. The molecule has 5 heteroatoms. The van der Waals surface area contributed by atoms with Crippen LogP contribution in [-0.4, -0.2) is 9.97 Å². The summed E-state index contributed by atoms with van der Waals surface area (Å²) in [4.78, 5) is 9.41. The summed E-state index contributed by atoms with van der Waals surface area (Å²) in [5, 5.41) is 0.758. The minimum atomic E-state index is 0.379. The van der Waals surface area contributed by atoms with Gasteiger partial charge in [-0.1, -0.05) is 40.9 Å². The van der Waals surface area contributed by atoms with Crippen molar-refractivity contribution in [2.75, 3.05) is 0 Å². The highest BCUT2D eigenvalue weighted by molar-refractivity contribution is 7.98. The van der Waals surface area contributed by atoms with Crippen molar-refractivity contribution in [3.63, 3.8) is 0 Å². The van der Waals surface area contributed by atoms with Crippen LogP contribution >= 0.6 is 35.0 Å². The third-order valence-corrected chi connectivity index (χ3v) is 3.49. The average molecular weight is 285 g/mol. The van der Waals surface area contributed by atoms with E-state index in [1.54, 1.807) is 11.8 Å². The highest BCUT2D eigenvalue weighted by atomic mass is 35.5. The number of halogens is 2. The summed E-state index contributed by atoms with van der Waals surface area (Å²) in [6, 6.07) is 9.84. The van der Waals surface area contributed by atoms with E-state index in [2.05, 4.69) is 41.2 Å². The molecule has 88 valence electrons. The third-order valence-electron chi connectivity index (χ3n) is 2.10. The Balaban J connectivity index is 2.04. The van der Waals surface area contributed by atoms with Crippen LogP contribution in [0.4, 0.5) is 0 Å². The van der Waals surface area contributed by atoms with Crippen LogP contribution in [0.2, 0.25) is 10.3 Å². The zero-order chi connectivity index (χ0) is 12.3. The van der Waals surface area contributed by atoms with E-state index in [1.807, 2.05) is 0 Å². The van der Waals surface area contributed by atoms with Gasteiger partial charge < -0.3 is 0 Å². The molecule has 17 heavy (non-hydrogen) atoms. The minimum Gasteiger partial charge on any atom is -0.220 e. The second-order valence-corrected chi connectivity index (χ2v) is 5.35. The van der Waals surface area contributed by atoms with Crippen molar-refractivity contribution >= 4 is 35.0 Å². The molecule has 0 amide bonds. The summed E-state index contributed by atoms with van der Waals surface area (Å²) < 4.78 is 0. The van der Waals surface area contributed by atoms with Crippen molar-refractivity contribution in [2.24, 2.45) is 0 Å². The highest BCUT2D eigenvalue weighted by Gasteiger charge is 2.02. The summed E-state index contributed by atoms with van der Waals surface area (Å²) in [6.45, 7) is 2.06. The second kappa shape index (κ2) is 5.71. The van der Waals surface area contributed by atoms with Gasteiger partial charge in [0.2, 0.25) is 0 Å². The van der Waals surface area contributed by atoms with Crippen LogP contribution in [-0.2, 0) is 5.75 Å². The molecule has 0 N–H and O–H groups in total. The van der Waals surface area contributed by atoms with Gasteiger partial charge in [-0.15, -0.1) is 11.8 Å². The van der Waals surface area contributed by atoms with E-state index in [-0.39, 0.29) is 0 Å². The van der Waals surface area contributed by atoms with Crippen molar-refractivity contribution in [3.05, 3.63) is 52.0 Å². The van der Waals surface area contributed by atoms with E-state index in [4.69, 9.17) is 23.2 Å². The number of aryl methyl sites for hydroxylation is 1. The van der Waals surface area contributed by atoms with E-state index < -0.39 is 0 Å². The predicted molar refractivity (Wildman–Crippen MR) is 72.8 cm³/mol. The van der Waals surface area contributed by atoms with Crippen molar-refractivity contribution in [2.45, 2.75) is 17.6 Å². The first-order valence-corrected chi connectivity index (χ1v) is 6.76. The van der Waals surface area contributed by atoms with Gasteiger partial charge in [0, 0.05) is 11.0 Å². The molecule has 1 heterocycles. The lowest BCUT2D eigenvalue weighted by Gasteiger charge is -2.02. The Hall–Kier alpha value is -0.770. The van der Waals surface area contributed by atoms with Crippen molar-refractivity contribution in [1.82, 2.24) is 9.97 Å². The number of benzene rings is 1. The second-order valence-electron chi connectivity index (χ2n) is 3.53. The fourth-order valence-electron chi connectivity index (χ4n) is 1.28. The molecule has 0 saturated carbocycles. The topological polar surface area (TPSA) is 25.8 Å². The Labute approximate surface area is 114 Å². The van der Waals surface area contributed by atoms with Crippen LogP contribution in [0, 0.1) is 6.92 Å². The van der Waals surface area contributed by atoms with Gasteiger partial charge in [-0.25, -0.2) is 9.97 Å². The van der Waals surface area contributed by atoms with Gasteiger partial charge >= 0.3 is 0 Å². The van der Waals surface area contributed by atoms with Crippen LogP contribution in [0.15, 0.2) is 35.2 Å². The molecule has 0 saturated heterocycles. The largest absolute Gasteiger partial charge is 0.220 e. The Morgan fingerprint density at radius 1 is 1.06 bits per heavy atom. The summed E-state index contributed by atoms with van der Waals surface area (Å²) in [5.74, 6) is 1.30. The number of hydrogen-bond donors (Lipinski definition) is 0. The maximum atomic E-state index is 5.81. The van der Waals surface area contributed by atoms with E-state index in [0.29, 0.717) is 21.9 Å². The van der Waals surface area contributed by atoms with Crippen LogP contribution in [0.3, 0.4) is 0 Å². The van der Waals surface area contributed by atoms with Gasteiger partial charge in [0.25, 0.3) is 0 Å². The molecular weight excluding hydrogens is 275 g/mol. The first-order chi connectivity index (χ1) is 8.13. The number of rotatable bonds is 3. The smallest absolute Gasteiger partial charge is 0.142 e. The van der Waals surface area contributed by atoms with E-state index in [1.165, 1.54) is 16.5 Å². The molecule has 2 nitrogen and oxygen atoms in total. The van der Waals surface area contributed by atoms with Crippen LogP contribution in [0.25, 0.3) is 0 Å². The zero-order valence-electron chi connectivity index (χ0n) is 9.15. The van der Waals surface area contributed by atoms with Gasteiger partial charge in [0.1, 0.15) is 16.1 Å². The first-order valence-electron chi connectivity index (χ1n) is 5.02. The van der Waals surface area contributed by atoms with Gasteiger partial charge in [-0.2, -0.15) is 0 Å². The number of aromatic nitrogens is 2. The lowest BCUT2D eigenvalue weighted by Crippen LogP contribution is -1.93. The quantitative estimate of drug-likeness (QED) is 0.618. The fraction of sp³-hybridized carbons (Fsp3) is 0.167. The molecule has 1 aromatic heterocycles. The monoisotopic (exact) mass is 284 g/mol. The molecule has 0 unspecified atom stereocenters. The number of hydrogen-bond acceptors (Lipinski definition) is 3. The summed E-state index contributed by atoms with van der Waals surface area (Å²) in [6.07, 6.45) is 0. The van der Waals surface area contributed by atoms with Gasteiger partial charge in [0.15, 0.2) is 0 Å². The lowest BCUT2D eigenvalue weighted by atomic mass is 10.2. The number of thioether (sulfide) groups is 1. The molecule has 0 aliphatic heterocycles. The van der Waals surface area contributed by atoms with E-state index in [0.717, 1.165) is 0 Å². The molecule has 2 aromatic rings. The molecule has 2 rings (SSSR count). The molecule has 0 aliphatic rings. The Kier molecular flexibility index (Phi) is 4.26. The standard InChI is InChI=1S/C12H10Cl2N2S/c1-8-2-4-9(5-3-8)17-7-12-15-10(13)6-11(14)16-12/h2-6H,7H2,1H3. The SMILES string of the molecule is Cc1ccc(SCc2nc(Cl)cc(Cl)n2)cc1. The minimum absolute atomic E-state index is 0.379. The Bertz CT molecular complexity index is 494. The van der Waals surface area contributed by atoms with Crippen molar-refractivity contribution in [3.8, 4) is 0 Å². The Morgan fingerprint density at radius 2 is 1.65 bits per heavy atom. The van der Waals surface area contributed by atoms with E-state index in [9.17, 15) is 0 Å². The van der Waals surface area contributed by atoms with Gasteiger partial charge in [-0.3, -0.25) is 0 Å². The van der Waals surface area contributed by atoms with E-state index >= 15 is 0 Å². The maximum Gasteiger partial charge on any atom is 0.142 e. The van der Waals surface area contributed by atoms with Crippen LogP contribution < -0.4 is 0 Å². The van der Waals surface area contributed by atoms with Crippen LogP contribution in [0.1, 0.15) is 11.4 Å². The molecule has 0 aliphatic carbocycles. The molecule has 0 atom stereocenters.